The first kappa shape index (κ1) is 9.82. The zero-order valence-corrected chi connectivity index (χ0v) is 9.75. The van der Waals surface area contributed by atoms with Gasteiger partial charge in [0.05, 0.1) is 0 Å². The second kappa shape index (κ2) is 3.15. The molecular formula is C13H21N. The van der Waals surface area contributed by atoms with Gasteiger partial charge < -0.3 is 4.90 Å². The van der Waals surface area contributed by atoms with Crippen LogP contribution in [0.15, 0.2) is 23.9 Å². The van der Waals surface area contributed by atoms with Crippen molar-refractivity contribution in [3.8, 4) is 0 Å². The van der Waals surface area contributed by atoms with Crippen LogP contribution in [0.4, 0.5) is 0 Å². The highest BCUT2D eigenvalue weighted by Crippen LogP contribution is 2.43. The Bertz CT molecular complexity index is 286. The molecule has 2 atom stereocenters. The molecule has 0 radical (unpaired) electrons. The molecular weight excluding hydrogens is 170 g/mol. The summed E-state index contributed by atoms with van der Waals surface area (Å²) in [6.07, 6.45) is 9.34. The van der Waals surface area contributed by atoms with Gasteiger partial charge in [-0.15, -0.1) is 0 Å². The molecule has 0 spiro atoms. The van der Waals surface area contributed by atoms with Crippen LogP contribution >= 0.6 is 0 Å². The van der Waals surface area contributed by atoms with E-state index >= 15 is 0 Å². The molecule has 0 aromatic heterocycles. The molecule has 0 aromatic carbocycles. The van der Waals surface area contributed by atoms with E-state index in [4.69, 9.17) is 0 Å². The van der Waals surface area contributed by atoms with Crippen LogP contribution in [0.2, 0.25) is 0 Å². The molecule has 14 heavy (non-hydrogen) atoms. The average molecular weight is 191 g/mol. The van der Waals surface area contributed by atoms with E-state index in [1.807, 2.05) is 0 Å². The molecule has 2 rings (SSSR count). The fourth-order valence-electron chi connectivity index (χ4n) is 2.94. The van der Waals surface area contributed by atoms with Gasteiger partial charge in [0.15, 0.2) is 0 Å². The molecule has 0 aromatic rings. The standard InChI is InChI=1S/C13H21N/c1-10-9-13(2,3)14(4)12-8-6-5-7-11(10)12/h5-6,8,10-11H,7,9H2,1-4H3. The highest BCUT2D eigenvalue weighted by molar-refractivity contribution is 5.24. The van der Waals surface area contributed by atoms with Crippen LogP contribution in [-0.4, -0.2) is 17.5 Å². The Morgan fingerprint density at radius 2 is 2.14 bits per heavy atom. The number of nitrogens with zero attached hydrogens (tertiary/aromatic N) is 1. The lowest BCUT2D eigenvalue weighted by Crippen LogP contribution is -2.49. The minimum atomic E-state index is 0.326. The van der Waals surface area contributed by atoms with Crippen LogP contribution in [0.25, 0.3) is 0 Å². The molecule has 2 unspecified atom stereocenters. The molecule has 1 heterocycles. The Morgan fingerprint density at radius 3 is 2.86 bits per heavy atom. The van der Waals surface area contributed by atoms with Crippen LogP contribution in [0.1, 0.15) is 33.6 Å². The van der Waals surface area contributed by atoms with Crippen LogP contribution in [-0.2, 0) is 0 Å². The summed E-state index contributed by atoms with van der Waals surface area (Å²) >= 11 is 0. The molecule has 1 aliphatic carbocycles. The number of allylic oxidation sites excluding steroid dienone is 4. The molecule has 78 valence electrons. The van der Waals surface area contributed by atoms with Crippen LogP contribution in [0.5, 0.6) is 0 Å². The Labute approximate surface area is 87.5 Å². The first-order valence-electron chi connectivity index (χ1n) is 5.63. The monoisotopic (exact) mass is 191 g/mol. The van der Waals surface area contributed by atoms with Crippen molar-refractivity contribution in [3.63, 3.8) is 0 Å². The smallest absolute Gasteiger partial charge is 0.0342 e. The van der Waals surface area contributed by atoms with Gasteiger partial charge in [0.2, 0.25) is 0 Å². The first-order valence-corrected chi connectivity index (χ1v) is 5.63. The number of likely N-dealkylation sites (tertiary alicyclic amines) is 1. The van der Waals surface area contributed by atoms with E-state index in [0.717, 1.165) is 11.8 Å². The summed E-state index contributed by atoms with van der Waals surface area (Å²) in [4.78, 5) is 2.47. The predicted molar refractivity (Wildman–Crippen MR) is 61.0 cm³/mol. The number of fused-ring (bicyclic) bond motifs is 1. The minimum absolute atomic E-state index is 0.326. The zero-order chi connectivity index (χ0) is 10.3. The molecule has 2 aliphatic rings. The maximum Gasteiger partial charge on any atom is 0.0342 e. The lowest BCUT2D eigenvalue weighted by Gasteiger charge is -2.50. The van der Waals surface area contributed by atoms with E-state index in [1.165, 1.54) is 18.5 Å². The minimum Gasteiger partial charge on any atom is -0.373 e. The summed E-state index contributed by atoms with van der Waals surface area (Å²) in [5.74, 6) is 1.58. The average Bonchev–Trinajstić information content (AvgIpc) is 2.14. The van der Waals surface area contributed by atoms with Gasteiger partial charge in [-0.05, 0) is 38.7 Å². The fourth-order valence-corrected chi connectivity index (χ4v) is 2.94. The quantitative estimate of drug-likeness (QED) is 0.568. The van der Waals surface area contributed by atoms with Gasteiger partial charge in [0.25, 0.3) is 0 Å². The van der Waals surface area contributed by atoms with Crippen molar-refractivity contribution in [1.29, 1.82) is 0 Å². The third-order valence-corrected chi connectivity index (χ3v) is 3.98. The maximum atomic E-state index is 2.47. The van der Waals surface area contributed by atoms with Crippen LogP contribution in [0.3, 0.4) is 0 Å². The molecule has 0 amide bonds. The van der Waals surface area contributed by atoms with Gasteiger partial charge in [0.1, 0.15) is 0 Å². The van der Waals surface area contributed by atoms with Crippen molar-refractivity contribution in [2.45, 2.75) is 39.2 Å². The van der Waals surface area contributed by atoms with Gasteiger partial charge in [-0.3, -0.25) is 0 Å². The van der Waals surface area contributed by atoms with E-state index in [9.17, 15) is 0 Å². The highest BCUT2D eigenvalue weighted by atomic mass is 15.2. The lowest BCUT2D eigenvalue weighted by molar-refractivity contribution is 0.0822. The number of hydrogen-bond donors (Lipinski definition) is 0. The van der Waals surface area contributed by atoms with E-state index in [1.54, 1.807) is 0 Å². The largest absolute Gasteiger partial charge is 0.373 e. The summed E-state index contributed by atoms with van der Waals surface area (Å²) in [6.45, 7) is 7.09. The van der Waals surface area contributed by atoms with Gasteiger partial charge >= 0.3 is 0 Å². The summed E-state index contributed by atoms with van der Waals surface area (Å²) in [7, 11) is 2.24. The van der Waals surface area contributed by atoms with Gasteiger partial charge in [0, 0.05) is 24.2 Å². The van der Waals surface area contributed by atoms with Crippen molar-refractivity contribution < 1.29 is 0 Å². The van der Waals surface area contributed by atoms with Crippen molar-refractivity contribution in [3.05, 3.63) is 23.9 Å². The fraction of sp³-hybridized carbons (Fsp3) is 0.692. The van der Waals surface area contributed by atoms with Crippen LogP contribution < -0.4 is 0 Å². The molecule has 1 fully saturated rings. The summed E-state index contributed by atoms with van der Waals surface area (Å²) in [6, 6.07) is 0. The lowest BCUT2D eigenvalue weighted by atomic mass is 9.73. The van der Waals surface area contributed by atoms with E-state index < -0.39 is 0 Å². The third-order valence-electron chi connectivity index (χ3n) is 3.98. The summed E-state index contributed by atoms with van der Waals surface area (Å²) in [5, 5.41) is 0. The normalized spacial score (nSPS) is 35.1. The highest BCUT2D eigenvalue weighted by Gasteiger charge is 2.39. The molecule has 0 saturated carbocycles. The first-order chi connectivity index (χ1) is 6.52. The summed E-state index contributed by atoms with van der Waals surface area (Å²) in [5.41, 5.74) is 1.86. The van der Waals surface area contributed by atoms with E-state index in [-0.39, 0.29) is 0 Å². The van der Waals surface area contributed by atoms with Crippen molar-refractivity contribution >= 4 is 0 Å². The van der Waals surface area contributed by atoms with E-state index in [0.29, 0.717) is 5.54 Å². The second-order valence-corrected chi connectivity index (χ2v) is 5.41. The molecule has 0 N–H and O–H groups in total. The Kier molecular flexibility index (Phi) is 2.21. The Hall–Kier alpha value is -0.720. The SMILES string of the molecule is CC1CC(C)(C)N(C)C2=CC=CCC21. The van der Waals surface area contributed by atoms with Gasteiger partial charge in [-0.1, -0.05) is 19.1 Å². The molecule has 1 saturated heterocycles. The Morgan fingerprint density at radius 1 is 1.43 bits per heavy atom. The maximum absolute atomic E-state index is 2.47. The van der Waals surface area contributed by atoms with Crippen molar-refractivity contribution in [2.75, 3.05) is 7.05 Å². The third kappa shape index (κ3) is 1.39. The zero-order valence-electron chi connectivity index (χ0n) is 9.75. The van der Waals surface area contributed by atoms with Gasteiger partial charge in [-0.2, -0.15) is 0 Å². The molecule has 1 aliphatic heterocycles. The van der Waals surface area contributed by atoms with E-state index in [2.05, 4.69) is 50.9 Å². The van der Waals surface area contributed by atoms with Crippen molar-refractivity contribution in [1.82, 2.24) is 4.90 Å². The second-order valence-electron chi connectivity index (χ2n) is 5.41. The Balaban J connectivity index is 2.33. The van der Waals surface area contributed by atoms with Crippen molar-refractivity contribution in [2.24, 2.45) is 11.8 Å². The molecule has 1 heteroatoms. The number of hydrogen-bond acceptors (Lipinski definition) is 1. The van der Waals surface area contributed by atoms with Crippen LogP contribution in [0, 0.1) is 11.8 Å². The predicted octanol–water partition coefficient (Wildman–Crippen LogP) is 3.20. The number of piperidine rings is 1. The number of rotatable bonds is 0. The topological polar surface area (TPSA) is 3.24 Å². The van der Waals surface area contributed by atoms with Gasteiger partial charge in [-0.25, -0.2) is 0 Å². The molecule has 0 bridgehead atoms. The summed E-state index contributed by atoms with van der Waals surface area (Å²) < 4.78 is 0. The molecule has 1 nitrogen and oxygen atoms in total.